The van der Waals surface area contributed by atoms with Crippen molar-refractivity contribution in [1.82, 2.24) is 0 Å². The number of hydrogen-bond donors (Lipinski definition) is 0. The van der Waals surface area contributed by atoms with Crippen LogP contribution >= 0.6 is 0 Å². The molecule has 8 nitrogen and oxygen atoms in total. The predicted molar refractivity (Wildman–Crippen MR) is 102 cm³/mol. The minimum Gasteiger partial charge on any atom is -0.493 e. The Balaban J connectivity index is 1.84. The summed E-state index contributed by atoms with van der Waals surface area (Å²) in [6.07, 6.45) is -0.320. The highest BCUT2D eigenvalue weighted by atomic mass is 16.6. The van der Waals surface area contributed by atoms with E-state index < -0.39 is 5.97 Å². The largest absolute Gasteiger partial charge is 0.493 e. The first-order valence-corrected chi connectivity index (χ1v) is 9.05. The summed E-state index contributed by atoms with van der Waals surface area (Å²) in [6.45, 7) is 1.68. The molecular formula is C21H22O8. The van der Waals surface area contributed by atoms with Gasteiger partial charge < -0.3 is 33.2 Å². The molecular weight excluding hydrogens is 380 g/mol. The van der Waals surface area contributed by atoms with Gasteiger partial charge in [0.05, 0.1) is 41.0 Å². The van der Waals surface area contributed by atoms with Gasteiger partial charge in [-0.25, -0.2) is 0 Å². The summed E-state index contributed by atoms with van der Waals surface area (Å²) in [5.41, 5.74) is 1.66. The molecule has 2 aromatic rings. The summed E-state index contributed by atoms with van der Waals surface area (Å²) in [5.74, 6) is 2.61. The van der Waals surface area contributed by atoms with Crippen LogP contribution in [0, 0.1) is 0 Å². The van der Waals surface area contributed by atoms with E-state index in [1.165, 1.54) is 21.1 Å². The molecule has 0 spiro atoms. The molecule has 0 saturated carbocycles. The Kier molecular flexibility index (Phi) is 4.77. The van der Waals surface area contributed by atoms with Gasteiger partial charge in [-0.05, 0) is 18.2 Å². The molecule has 8 heteroatoms. The first kappa shape index (κ1) is 19.0. The van der Waals surface area contributed by atoms with Crippen LogP contribution in [0.15, 0.2) is 18.2 Å². The highest BCUT2D eigenvalue weighted by Crippen LogP contribution is 2.60. The maximum Gasteiger partial charge on any atom is 0.308 e. The van der Waals surface area contributed by atoms with Crippen LogP contribution in [0.4, 0.5) is 0 Å². The molecule has 0 saturated heterocycles. The fourth-order valence-corrected chi connectivity index (χ4v) is 3.91. The molecule has 2 heterocycles. The van der Waals surface area contributed by atoms with Crippen molar-refractivity contribution >= 4 is 5.97 Å². The Labute approximate surface area is 168 Å². The molecule has 4 rings (SSSR count). The van der Waals surface area contributed by atoms with Gasteiger partial charge in [0.1, 0.15) is 6.10 Å². The second-order valence-corrected chi connectivity index (χ2v) is 6.63. The summed E-state index contributed by atoms with van der Waals surface area (Å²) in [4.78, 5) is 11.6. The zero-order chi connectivity index (χ0) is 20.7. The van der Waals surface area contributed by atoms with E-state index in [4.69, 9.17) is 33.2 Å². The SMILES string of the molecule is COc1ccc2c(c1OC)OCC1c3cc(OC(C)=O)c(OC)c(OC)c3OC21. The fourth-order valence-electron chi connectivity index (χ4n) is 3.91. The first-order valence-electron chi connectivity index (χ1n) is 9.05. The number of fused-ring (bicyclic) bond motifs is 5. The second-order valence-electron chi connectivity index (χ2n) is 6.63. The third kappa shape index (κ3) is 2.86. The molecule has 0 N–H and O–H groups in total. The molecule has 0 aliphatic carbocycles. The van der Waals surface area contributed by atoms with Crippen molar-refractivity contribution in [1.29, 1.82) is 0 Å². The van der Waals surface area contributed by atoms with Gasteiger partial charge in [0, 0.05) is 18.1 Å². The Morgan fingerprint density at radius 2 is 1.62 bits per heavy atom. The van der Waals surface area contributed by atoms with Gasteiger partial charge in [-0.3, -0.25) is 4.79 Å². The molecule has 2 aliphatic heterocycles. The molecule has 0 aromatic heterocycles. The maximum absolute atomic E-state index is 11.6. The van der Waals surface area contributed by atoms with Crippen molar-refractivity contribution in [3.63, 3.8) is 0 Å². The zero-order valence-corrected chi connectivity index (χ0v) is 16.9. The van der Waals surface area contributed by atoms with E-state index in [1.54, 1.807) is 20.3 Å². The van der Waals surface area contributed by atoms with Gasteiger partial charge in [0.2, 0.25) is 17.2 Å². The lowest BCUT2D eigenvalue weighted by Gasteiger charge is -2.29. The summed E-state index contributed by atoms with van der Waals surface area (Å²) >= 11 is 0. The number of carbonyl (C=O) groups excluding carboxylic acids is 1. The number of carbonyl (C=O) groups is 1. The van der Waals surface area contributed by atoms with Crippen LogP contribution in [-0.2, 0) is 4.79 Å². The number of ether oxygens (including phenoxy) is 7. The van der Waals surface area contributed by atoms with Crippen LogP contribution in [0.5, 0.6) is 40.2 Å². The van der Waals surface area contributed by atoms with E-state index in [1.807, 2.05) is 12.1 Å². The minimum atomic E-state index is -0.456. The van der Waals surface area contributed by atoms with E-state index in [0.717, 1.165) is 11.1 Å². The smallest absolute Gasteiger partial charge is 0.308 e. The van der Waals surface area contributed by atoms with Gasteiger partial charge in [0.15, 0.2) is 23.0 Å². The van der Waals surface area contributed by atoms with Crippen LogP contribution in [-0.4, -0.2) is 41.0 Å². The standard InChI is InChI=1S/C21H22O8/c1-10(22)28-15-8-12-13-9-27-17-11(6-7-14(23-2)19(17)24-3)16(13)29-18(12)21(26-5)20(15)25-4/h6-8,13,16H,9H2,1-5H3. The maximum atomic E-state index is 11.6. The van der Waals surface area contributed by atoms with Gasteiger partial charge in [-0.2, -0.15) is 0 Å². The Hall–Kier alpha value is -3.29. The molecule has 2 aromatic carbocycles. The van der Waals surface area contributed by atoms with Gasteiger partial charge in [0.25, 0.3) is 0 Å². The minimum absolute atomic E-state index is 0.121. The monoisotopic (exact) mass is 402 g/mol. The van der Waals surface area contributed by atoms with E-state index in [2.05, 4.69) is 0 Å². The second kappa shape index (κ2) is 7.27. The lowest BCUT2D eigenvalue weighted by atomic mass is 9.89. The number of methoxy groups -OCH3 is 4. The van der Waals surface area contributed by atoms with Crippen LogP contribution in [0.2, 0.25) is 0 Å². The van der Waals surface area contributed by atoms with Crippen molar-refractivity contribution in [2.45, 2.75) is 18.9 Å². The summed E-state index contributed by atoms with van der Waals surface area (Å²) in [6, 6.07) is 5.46. The molecule has 2 unspecified atom stereocenters. The van der Waals surface area contributed by atoms with Crippen LogP contribution in [0.3, 0.4) is 0 Å². The van der Waals surface area contributed by atoms with Crippen molar-refractivity contribution in [2.75, 3.05) is 35.0 Å². The third-order valence-electron chi connectivity index (χ3n) is 5.10. The van der Waals surface area contributed by atoms with Crippen LogP contribution in [0.1, 0.15) is 30.1 Å². The summed E-state index contributed by atoms with van der Waals surface area (Å²) in [5, 5.41) is 0. The number of benzene rings is 2. The van der Waals surface area contributed by atoms with E-state index >= 15 is 0 Å². The molecule has 0 amide bonds. The van der Waals surface area contributed by atoms with Crippen LogP contribution < -0.4 is 33.2 Å². The lowest BCUT2D eigenvalue weighted by Crippen LogP contribution is -2.23. The Morgan fingerprint density at radius 3 is 2.24 bits per heavy atom. The van der Waals surface area contributed by atoms with Crippen molar-refractivity contribution in [3.8, 4) is 40.2 Å². The third-order valence-corrected chi connectivity index (χ3v) is 5.10. The Bertz CT molecular complexity index is 968. The summed E-state index contributed by atoms with van der Waals surface area (Å²) < 4.78 is 39.5. The number of rotatable bonds is 5. The van der Waals surface area contributed by atoms with Gasteiger partial charge in [-0.15, -0.1) is 0 Å². The molecule has 29 heavy (non-hydrogen) atoms. The first-order chi connectivity index (χ1) is 14.0. The molecule has 0 radical (unpaired) electrons. The zero-order valence-electron chi connectivity index (χ0n) is 16.9. The lowest BCUT2D eigenvalue weighted by molar-refractivity contribution is -0.132. The average molecular weight is 402 g/mol. The highest BCUT2D eigenvalue weighted by Gasteiger charge is 2.45. The Morgan fingerprint density at radius 1 is 0.897 bits per heavy atom. The molecule has 154 valence electrons. The molecule has 2 atom stereocenters. The molecule has 0 fully saturated rings. The quantitative estimate of drug-likeness (QED) is 0.557. The van der Waals surface area contributed by atoms with Crippen molar-refractivity contribution in [3.05, 3.63) is 29.3 Å². The van der Waals surface area contributed by atoms with E-state index in [9.17, 15) is 4.79 Å². The van der Waals surface area contributed by atoms with Crippen molar-refractivity contribution in [2.24, 2.45) is 0 Å². The van der Waals surface area contributed by atoms with E-state index in [-0.39, 0.29) is 17.8 Å². The number of hydrogen-bond acceptors (Lipinski definition) is 8. The van der Waals surface area contributed by atoms with Crippen LogP contribution in [0.25, 0.3) is 0 Å². The molecule has 0 bridgehead atoms. The topological polar surface area (TPSA) is 81.7 Å². The summed E-state index contributed by atoms with van der Waals surface area (Å²) in [7, 11) is 6.14. The average Bonchev–Trinajstić information content (AvgIpc) is 3.09. The normalized spacial score (nSPS) is 18.4. The fraction of sp³-hybridized carbons (Fsp3) is 0.381. The van der Waals surface area contributed by atoms with Gasteiger partial charge >= 0.3 is 5.97 Å². The van der Waals surface area contributed by atoms with Gasteiger partial charge in [-0.1, -0.05) is 0 Å². The number of esters is 1. The van der Waals surface area contributed by atoms with E-state index in [0.29, 0.717) is 41.1 Å². The van der Waals surface area contributed by atoms with Crippen molar-refractivity contribution < 1.29 is 38.0 Å². The predicted octanol–water partition coefficient (Wildman–Crippen LogP) is 3.26. The highest BCUT2D eigenvalue weighted by molar-refractivity contribution is 5.74. The molecule has 2 aliphatic rings.